The number of hydrogen-bond acceptors (Lipinski definition) is 8. The SMILES string of the molecule is CCN(CC)S(=O)(=O)c1cccc(Nc2nccc(Nc3n[nH]c(C)c3C)n2)c1OC. The number of aryl methyl sites for hydroxylation is 1. The number of para-hydroxylation sites is 1. The van der Waals surface area contributed by atoms with Crippen LogP contribution in [-0.2, 0) is 10.0 Å². The monoisotopic (exact) mass is 445 g/mol. The lowest BCUT2D eigenvalue weighted by Gasteiger charge is -2.21. The molecule has 0 amide bonds. The maximum atomic E-state index is 13.0. The summed E-state index contributed by atoms with van der Waals surface area (Å²) in [4.78, 5) is 8.76. The summed E-state index contributed by atoms with van der Waals surface area (Å²) in [6.45, 7) is 8.21. The van der Waals surface area contributed by atoms with Crippen molar-refractivity contribution in [2.45, 2.75) is 32.6 Å². The first-order valence-electron chi connectivity index (χ1n) is 9.87. The molecule has 31 heavy (non-hydrogen) atoms. The predicted octanol–water partition coefficient (Wildman–Crippen LogP) is 3.34. The van der Waals surface area contributed by atoms with Crippen LogP contribution in [0.4, 0.5) is 23.3 Å². The highest BCUT2D eigenvalue weighted by Crippen LogP contribution is 2.35. The molecule has 0 saturated heterocycles. The molecule has 3 N–H and O–H groups in total. The Morgan fingerprint density at radius 2 is 1.87 bits per heavy atom. The summed E-state index contributed by atoms with van der Waals surface area (Å²) in [6.07, 6.45) is 1.59. The van der Waals surface area contributed by atoms with Gasteiger partial charge < -0.3 is 15.4 Å². The highest BCUT2D eigenvalue weighted by Gasteiger charge is 2.27. The van der Waals surface area contributed by atoms with E-state index < -0.39 is 10.0 Å². The molecular weight excluding hydrogens is 418 g/mol. The molecule has 0 bridgehead atoms. The second kappa shape index (κ2) is 9.31. The summed E-state index contributed by atoms with van der Waals surface area (Å²) in [5.41, 5.74) is 2.40. The molecule has 3 rings (SSSR count). The van der Waals surface area contributed by atoms with Crippen molar-refractivity contribution in [3.63, 3.8) is 0 Å². The fraction of sp³-hybridized carbons (Fsp3) is 0.350. The van der Waals surface area contributed by atoms with Crippen LogP contribution in [0.15, 0.2) is 35.4 Å². The molecule has 0 saturated carbocycles. The van der Waals surface area contributed by atoms with Crippen molar-refractivity contribution in [3.8, 4) is 5.75 Å². The first-order chi connectivity index (χ1) is 14.8. The molecule has 3 aromatic rings. The van der Waals surface area contributed by atoms with Crippen LogP contribution in [-0.4, -0.2) is 53.1 Å². The average molecular weight is 446 g/mol. The number of ether oxygens (including phenoxy) is 1. The lowest BCUT2D eigenvalue weighted by Crippen LogP contribution is -2.31. The van der Waals surface area contributed by atoms with Crippen LogP contribution >= 0.6 is 0 Å². The van der Waals surface area contributed by atoms with Gasteiger partial charge in [-0.05, 0) is 32.0 Å². The van der Waals surface area contributed by atoms with E-state index in [1.165, 1.54) is 17.5 Å². The summed E-state index contributed by atoms with van der Waals surface area (Å²) < 4.78 is 32.9. The Morgan fingerprint density at radius 1 is 1.13 bits per heavy atom. The quantitative estimate of drug-likeness (QED) is 0.458. The molecule has 0 aliphatic rings. The van der Waals surface area contributed by atoms with Gasteiger partial charge >= 0.3 is 0 Å². The number of aromatic amines is 1. The zero-order valence-corrected chi connectivity index (χ0v) is 19.0. The molecule has 0 radical (unpaired) electrons. The van der Waals surface area contributed by atoms with Crippen molar-refractivity contribution in [1.82, 2.24) is 24.5 Å². The molecule has 0 aliphatic carbocycles. The normalized spacial score (nSPS) is 11.5. The largest absolute Gasteiger partial charge is 0.493 e. The molecule has 1 aromatic carbocycles. The second-order valence-corrected chi connectivity index (χ2v) is 8.67. The van der Waals surface area contributed by atoms with Crippen LogP contribution in [0.3, 0.4) is 0 Å². The molecule has 0 unspecified atom stereocenters. The number of anilines is 4. The zero-order chi connectivity index (χ0) is 22.6. The standard InChI is InChI=1S/C20H27N7O3S/c1-6-27(7-2)31(28,29)16-10-8-9-15(18(16)30-5)22-20-21-12-11-17(24-20)23-19-13(3)14(4)25-26-19/h8-12H,6-7H2,1-5H3,(H3,21,22,23,24,25,26). The summed E-state index contributed by atoms with van der Waals surface area (Å²) in [6, 6.07) is 6.61. The average Bonchev–Trinajstić information content (AvgIpc) is 3.06. The molecule has 166 valence electrons. The van der Waals surface area contributed by atoms with E-state index in [0.29, 0.717) is 30.4 Å². The highest BCUT2D eigenvalue weighted by atomic mass is 32.2. The van der Waals surface area contributed by atoms with Gasteiger partial charge in [-0.25, -0.2) is 13.4 Å². The van der Waals surface area contributed by atoms with E-state index in [1.807, 2.05) is 13.8 Å². The highest BCUT2D eigenvalue weighted by molar-refractivity contribution is 7.89. The molecule has 0 atom stereocenters. The topological polar surface area (TPSA) is 125 Å². The minimum absolute atomic E-state index is 0.0839. The lowest BCUT2D eigenvalue weighted by atomic mass is 10.3. The maximum Gasteiger partial charge on any atom is 0.246 e. The Hall–Kier alpha value is -3.18. The van der Waals surface area contributed by atoms with E-state index in [0.717, 1.165) is 11.3 Å². The molecule has 2 heterocycles. The summed E-state index contributed by atoms with van der Waals surface area (Å²) in [5, 5.41) is 13.3. The van der Waals surface area contributed by atoms with Crippen LogP contribution in [0.5, 0.6) is 5.75 Å². The first kappa shape index (κ1) is 22.5. The van der Waals surface area contributed by atoms with E-state index in [9.17, 15) is 8.42 Å². The molecule has 0 fully saturated rings. The number of H-pyrrole nitrogens is 1. The Kier molecular flexibility index (Phi) is 6.76. The zero-order valence-electron chi connectivity index (χ0n) is 18.2. The summed E-state index contributed by atoms with van der Waals surface area (Å²) >= 11 is 0. The van der Waals surface area contributed by atoms with Gasteiger partial charge in [-0.15, -0.1) is 0 Å². The van der Waals surface area contributed by atoms with E-state index in [1.54, 1.807) is 38.2 Å². The van der Waals surface area contributed by atoms with E-state index in [-0.39, 0.29) is 16.6 Å². The summed E-state index contributed by atoms with van der Waals surface area (Å²) in [5.74, 6) is 1.70. The molecular formula is C20H27N7O3S. The third-order valence-corrected chi connectivity index (χ3v) is 6.98. The van der Waals surface area contributed by atoms with Gasteiger partial charge in [0.25, 0.3) is 0 Å². The smallest absolute Gasteiger partial charge is 0.246 e. The Bertz CT molecular complexity index is 1160. The Morgan fingerprint density at radius 3 is 2.48 bits per heavy atom. The molecule has 10 nitrogen and oxygen atoms in total. The number of methoxy groups -OCH3 is 1. The molecule has 0 aliphatic heterocycles. The molecule has 11 heteroatoms. The number of nitrogens with zero attached hydrogens (tertiary/aromatic N) is 4. The minimum atomic E-state index is -3.71. The Labute approximate surface area is 182 Å². The van der Waals surface area contributed by atoms with Gasteiger partial charge in [-0.2, -0.15) is 14.4 Å². The molecule has 0 spiro atoms. The van der Waals surface area contributed by atoms with Crippen molar-refractivity contribution in [3.05, 3.63) is 41.7 Å². The minimum Gasteiger partial charge on any atom is -0.493 e. The van der Waals surface area contributed by atoms with Crippen LogP contribution in [0.25, 0.3) is 0 Å². The van der Waals surface area contributed by atoms with Crippen molar-refractivity contribution in [2.24, 2.45) is 0 Å². The van der Waals surface area contributed by atoms with Crippen molar-refractivity contribution in [2.75, 3.05) is 30.8 Å². The predicted molar refractivity (Wildman–Crippen MR) is 120 cm³/mol. The van der Waals surface area contributed by atoms with Gasteiger partial charge in [0.2, 0.25) is 16.0 Å². The fourth-order valence-electron chi connectivity index (χ4n) is 3.07. The third-order valence-electron chi connectivity index (χ3n) is 4.91. The second-order valence-electron chi connectivity index (χ2n) is 6.76. The number of nitrogens with one attached hydrogen (secondary N) is 3. The van der Waals surface area contributed by atoms with Gasteiger partial charge in [0.05, 0.1) is 12.8 Å². The van der Waals surface area contributed by atoms with Gasteiger partial charge in [0.15, 0.2) is 11.6 Å². The lowest BCUT2D eigenvalue weighted by molar-refractivity contribution is 0.397. The number of aromatic nitrogens is 4. The Balaban J connectivity index is 1.92. The van der Waals surface area contributed by atoms with Crippen molar-refractivity contribution in [1.29, 1.82) is 0 Å². The first-order valence-corrected chi connectivity index (χ1v) is 11.3. The van der Waals surface area contributed by atoms with Crippen LogP contribution < -0.4 is 15.4 Å². The van der Waals surface area contributed by atoms with Gasteiger partial charge in [-0.1, -0.05) is 19.9 Å². The third kappa shape index (κ3) is 4.62. The number of benzene rings is 1. The van der Waals surface area contributed by atoms with Crippen LogP contribution in [0.2, 0.25) is 0 Å². The number of rotatable bonds is 9. The number of hydrogen-bond donors (Lipinski definition) is 3. The van der Waals surface area contributed by atoms with Gasteiger partial charge in [-0.3, -0.25) is 5.10 Å². The van der Waals surface area contributed by atoms with E-state index in [4.69, 9.17) is 4.74 Å². The maximum absolute atomic E-state index is 13.0. The van der Waals surface area contributed by atoms with Gasteiger partial charge in [0, 0.05) is 30.5 Å². The number of sulfonamides is 1. The van der Waals surface area contributed by atoms with Crippen LogP contribution in [0.1, 0.15) is 25.1 Å². The van der Waals surface area contributed by atoms with Crippen molar-refractivity contribution < 1.29 is 13.2 Å². The summed E-state index contributed by atoms with van der Waals surface area (Å²) in [7, 11) is -2.27. The molecule has 2 aromatic heterocycles. The fourth-order valence-corrected chi connectivity index (χ4v) is 4.70. The van der Waals surface area contributed by atoms with Crippen LogP contribution in [0, 0.1) is 13.8 Å². The van der Waals surface area contributed by atoms with Crippen molar-refractivity contribution >= 4 is 33.3 Å². The van der Waals surface area contributed by atoms with Gasteiger partial charge in [0.1, 0.15) is 10.7 Å². The van der Waals surface area contributed by atoms with E-state index >= 15 is 0 Å². The van der Waals surface area contributed by atoms with E-state index in [2.05, 4.69) is 30.8 Å².